The van der Waals surface area contributed by atoms with E-state index in [9.17, 15) is 18.4 Å². The fraction of sp³-hybridized carbons (Fsp3) is 0.421. The van der Waals surface area contributed by atoms with Gasteiger partial charge in [-0.3, -0.25) is 14.3 Å². The van der Waals surface area contributed by atoms with E-state index in [1.807, 2.05) is 13.2 Å². The highest BCUT2D eigenvalue weighted by Gasteiger charge is 2.30. The highest BCUT2D eigenvalue weighted by atomic mass is 19.1. The fourth-order valence-electron chi connectivity index (χ4n) is 3.38. The number of halogens is 2. The summed E-state index contributed by atoms with van der Waals surface area (Å²) in [7, 11) is 3.57. The zero-order valence-electron chi connectivity index (χ0n) is 15.4. The summed E-state index contributed by atoms with van der Waals surface area (Å²) in [6, 6.07) is 2.93. The molecule has 0 unspecified atom stereocenters. The van der Waals surface area contributed by atoms with Crippen molar-refractivity contribution in [1.29, 1.82) is 0 Å². The highest BCUT2D eigenvalue weighted by Crippen LogP contribution is 2.22. The highest BCUT2D eigenvalue weighted by molar-refractivity contribution is 5.94. The first-order valence-electron chi connectivity index (χ1n) is 8.82. The Bertz CT molecular complexity index is 844. The first kappa shape index (κ1) is 19.0. The van der Waals surface area contributed by atoms with Crippen molar-refractivity contribution in [2.24, 2.45) is 13.0 Å². The molecule has 2 heterocycles. The van der Waals surface area contributed by atoms with E-state index in [1.54, 1.807) is 22.8 Å². The number of nitrogens with zero attached hydrogens (tertiary/aromatic N) is 4. The van der Waals surface area contributed by atoms with E-state index in [4.69, 9.17) is 0 Å². The molecule has 1 aliphatic rings. The van der Waals surface area contributed by atoms with Gasteiger partial charge in [-0.1, -0.05) is 0 Å². The molecule has 1 saturated heterocycles. The Hall–Kier alpha value is -2.77. The Labute approximate surface area is 156 Å². The van der Waals surface area contributed by atoms with E-state index >= 15 is 0 Å². The van der Waals surface area contributed by atoms with Gasteiger partial charge in [0.05, 0.1) is 11.8 Å². The average Bonchev–Trinajstić information content (AvgIpc) is 3.05. The lowest BCUT2D eigenvalue weighted by molar-refractivity contribution is -0.136. The van der Waals surface area contributed by atoms with Crippen LogP contribution in [0.5, 0.6) is 0 Å². The average molecular weight is 376 g/mol. The number of amides is 2. The molecule has 6 nitrogen and oxygen atoms in total. The maximum absolute atomic E-state index is 13.8. The summed E-state index contributed by atoms with van der Waals surface area (Å²) >= 11 is 0. The fourth-order valence-corrected chi connectivity index (χ4v) is 3.38. The SMILES string of the molecule is CN(Cc1cnn(C)c1)C(=O)C1CCN(C(=O)c2ccc(F)cc2F)CC1. The molecule has 1 fully saturated rings. The number of piperidine rings is 1. The van der Waals surface area contributed by atoms with E-state index in [0.717, 1.165) is 17.7 Å². The lowest BCUT2D eigenvalue weighted by Gasteiger charge is -2.33. The molecule has 1 aliphatic heterocycles. The third-order valence-electron chi connectivity index (χ3n) is 4.85. The number of carbonyl (C=O) groups is 2. The van der Waals surface area contributed by atoms with Crippen LogP contribution in [0.4, 0.5) is 8.78 Å². The number of rotatable bonds is 4. The van der Waals surface area contributed by atoms with Crippen molar-refractivity contribution in [1.82, 2.24) is 19.6 Å². The van der Waals surface area contributed by atoms with Crippen LogP contribution in [0.25, 0.3) is 0 Å². The topological polar surface area (TPSA) is 58.4 Å². The van der Waals surface area contributed by atoms with Gasteiger partial charge < -0.3 is 9.80 Å². The smallest absolute Gasteiger partial charge is 0.256 e. The molecule has 0 radical (unpaired) electrons. The molecule has 144 valence electrons. The molecule has 0 spiro atoms. The van der Waals surface area contributed by atoms with Gasteiger partial charge in [0, 0.05) is 57.5 Å². The lowest BCUT2D eigenvalue weighted by atomic mass is 9.94. The summed E-state index contributed by atoms with van der Waals surface area (Å²) in [6.07, 6.45) is 4.63. The minimum Gasteiger partial charge on any atom is -0.341 e. The summed E-state index contributed by atoms with van der Waals surface area (Å²) in [6.45, 7) is 1.21. The third kappa shape index (κ3) is 4.32. The van der Waals surface area contributed by atoms with Gasteiger partial charge in [0.15, 0.2) is 0 Å². The first-order valence-corrected chi connectivity index (χ1v) is 8.82. The molecule has 8 heteroatoms. The Morgan fingerprint density at radius 3 is 2.56 bits per heavy atom. The number of hydrogen-bond acceptors (Lipinski definition) is 3. The second-order valence-corrected chi connectivity index (χ2v) is 6.91. The van der Waals surface area contributed by atoms with Crippen molar-refractivity contribution < 1.29 is 18.4 Å². The second kappa shape index (κ2) is 7.85. The molecular formula is C19H22F2N4O2. The standard InChI is InChI=1S/C19H22F2N4O2/c1-23(11-13-10-22-24(2)12-13)18(26)14-5-7-25(8-6-14)19(27)16-4-3-15(20)9-17(16)21/h3-4,9-10,12,14H,5-8,11H2,1-2H3. The van der Waals surface area contributed by atoms with Gasteiger partial charge in [-0.15, -0.1) is 0 Å². The van der Waals surface area contributed by atoms with Crippen LogP contribution < -0.4 is 0 Å². The van der Waals surface area contributed by atoms with Crippen LogP contribution >= 0.6 is 0 Å². The second-order valence-electron chi connectivity index (χ2n) is 6.91. The molecule has 0 bridgehead atoms. The van der Waals surface area contributed by atoms with Gasteiger partial charge in [-0.2, -0.15) is 5.10 Å². The van der Waals surface area contributed by atoms with Crippen molar-refractivity contribution in [3.8, 4) is 0 Å². The van der Waals surface area contributed by atoms with Crippen LogP contribution in [0.2, 0.25) is 0 Å². The van der Waals surface area contributed by atoms with E-state index < -0.39 is 17.5 Å². The quantitative estimate of drug-likeness (QED) is 0.822. The minimum absolute atomic E-state index is 0.0268. The number of hydrogen-bond donors (Lipinski definition) is 0. The Morgan fingerprint density at radius 2 is 1.96 bits per heavy atom. The molecule has 1 aromatic heterocycles. The van der Waals surface area contributed by atoms with Crippen molar-refractivity contribution in [2.45, 2.75) is 19.4 Å². The summed E-state index contributed by atoms with van der Waals surface area (Å²) in [5.74, 6) is -2.20. The summed E-state index contributed by atoms with van der Waals surface area (Å²) in [4.78, 5) is 28.3. The first-order chi connectivity index (χ1) is 12.8. The van der Waals surface area contributed by atoms with Crippen molar-refractivity contribution in [3.05, 3.63) is 53.4 Å². The van der Waals surface area contributed by atoms with Crippen LogP contribution in [0.3, 0.4) is 0 Å². The normalized spacial score (nSPS) is 15.0. The van der Waals surface area contributed by atoms with Gasteiger partial charge in [0.25, 0.3) is 5.91 Å². The van der Waals surface area contributed by atoms with Crippen LogP contribution in [0.15, 0.2) is 30.6 Å². The van der Waals surface area contributed by atoms with Crippen molar-refractivity contribution in [2.75, 3.05) is 20.1 Å². The maximum atomic E-state index is 13.8. The predicted octanol–water partition coefficient (Wildman–Crippen LogP) is 2.21. The van der Waals surface area contributed by atoms with E-state index in [1.165, 1.54) is 4.90 Å². The Balaban J connectivity index is 1.56. The number of benzene rings is 1. The summed E-state index contributed by atoms with van der Waals surface area (Å²) in [5.41, 5.74) is 0.808. The molecule has 3 rings (SSSR count). The number of aromatic nitrogens is 2. The summed E-state index contributed by atoms with van der Waals surface area (Å²) < 4.78 is 28.5. The zero-order valence-corrected chi connectivity index (χ0v) is 15.4. The molecular weight excluding hydrogens is 354 g/mol. The number of likely N-dealkylation sites (tertiary alicyclic amines) is 1. The van der Waals surface area contributed by atoms with Crippen LogP contribution in [-0.4, -0.2) is 51.5 Å². The van der Waals surface area contributed by atoms with Gasteiger partial charge in [-0.25, -0.2) is 8.78 Å². The third-order valence-corrected chi connectivity index (χ3v) is 4.85. The molecule has 27 heavy (non-hydrogen) atoms. The number of aryl methyl sites for hydroxylation is 1. The van der Waals surface area contributed by atoms with E-state index in [-0.39, 0.29) is 17.4 Å². The van der Waals surface area contributed by atoms with Crippen molar-refractivity contribution >= 4 is 11.8 Å². The Morgan fingerprint density at radius 1 is 1.26 bits per heavy atom. The molecule has 0 saturated carbocycles. The number of carbonyl (C=O) groups excluding carboxylic acids is 2. The van der Waals surface area contributed by atoms with E-state index in [2.05, 4.69) is 5.10 Å². The maximum Gasteiger partial charge on any atom is 0.256 e. The monoisotopic (exact) mass is 376 g/mol. The van der Waals surface area contributed by atoms with Crippen LogP contribution in [-0.2, 0) is 18.4 Å². The molecule has 2 amide bonds. The minimum atomic E-state index is -0.866. The van der Waals surface area contributed by atoms with Gasteiger partial charge >= 0.3 is 0 Å². The van der Waals surface area contributed by atoms with Gasteiger partial charge in [-0.05, 0) is 25.0 Å². The molecule has 2 aromatic rings. The van der Waals surface area contributed by atoms with Crippen LogP contribution in [0, 0.1) is 17.6 Å². The van der Waals surface area contributed by atoms with E-state index in [0.29, 0.717) is 38.5 Å². The molecule has 0 aliphatic carbocycles. The summed E-state index contributed by atoms with van der Waals surface area (Å²) in [5, 5.41) is 4.09. The lowest BCUT2D eigenvalue weighted by Crippen LogP contribution is -2.43. The molecule has 0 atom stereocenters. The molecule has 1 aromatic carbocycles. The molecule has 0 N–H and O–H groups in total. The van der Waals surface area contributed by atoms with Gasteiger partial charge in [0.1, 0.15) is 11.6 Å². The van der Waals surface area contributed by atoms with Crippen molar-refractivity contribution in [3.63, 3.8) is 0 Å². The predicted molar refractivity (Wildman–Crippen MR) is 94.7 cm³/mol. The van der Waals surface area contributed by atoms with Gasteiger partial charge in [0.2, 0.25) is 5.91 Å². The largest absolute Gasteiger partial charge is 0.341 e. The van der Waals surface area contributed by atoms with Crippen LogP contribution in [0.1, 0.15) is 28.8 Å². The Kier molecular flexibility index (Phi) is 5.53. The zero-order chi connectivity index (χ0) is 19.6.